The molecule has 5 nitrogen and oxygen atoms in total. The Morgan fingerprint density at radius 2 is 2.21 bits per heavy atom. The molecule has 0 aliphatic rings. The molecule has 0 spiro atoms. The highest BCUT2D eigenvalue weighted by Gasteiger charge is 2.06. The van der Waals surface area contributed by atoms with Gasteiger partial charge in [-0.3, -0.25) is 9.59 Å². The topological polar surface area (TPSA) is 81.4 Å². The SMILES string of the molecule is COC(=O)CCSCC(=O)Nc1ccc(F)c(N)c1. The third kappa shape index (κ3) is 5.60. The number of esters is 1. The average molecular weight is 286 g/mol. The molecule has 0 saturated heterocycles. The Bertz CT molecular complexity index is 468. The maximum Gasteiger partial charge on any atom is 0.306 e. The number of carbonyl (C=O) groups is 2. The summed E-state index contributed by atoms with van der Waals surface area (Å²) in [6.45, 7) is 0. The summed E-state index contributed by atoms with van der Waals surface area (Å²) in [5, 5.41) is 2.59. The van der Waals surface area contributed by atoms with Gasteiger partial charge in [-0.1, -0.05) is 0 Å². The summed E-state index contributed by atoms with van der Waals surface area (Å²) in [4.78, 5) is 22.4. The van der Waals surface area contributed by atoms with Crippen LogP contribution in [0.3, 0.4) is 0 Å². The number of halogens is 1. The molecule has 0 saturated carbocycles. The van der Waals surface area contributed by atoms with Gasteiger partial charge in [-0.05, 0) is 18.2 Å². The summed E-state index contributed by atoms with van der Waals surface area (Å²) in [5.41, 5.74) is 5.81. The lowest BCUT2D eigenvalue weighted by molar-refractivity contribution is -0.140. The lowest BCUT2D eigenvalue weighted by Gasteiger charge is -2.06. The maximum absolute atomic E-state index is 12.9. The predicted octanol–water partition coefficient (Wildman–Crippen LogP) is 1.64. The van der Waals surface area contributed by atoms with Crippen molar-refractivity contribution in [3.63, 3.8) is 0 Å². The van der Waals surface area contributed by atoms with Gasteiger partial charge in [0.2, 0.25) is 5.91 Å². The van der Waals surface area contributed by atoms with E-state index in [2.05, 4.69) is 10.1 Å². The third-order valence-corrected chi connectivity index (χ3v) is 3.15. The molecular weight excluding hydrogens is 271 g/mol. The lowest BCUT2D eigenvalue weighted by atomic mass is 10.2. The highest BCUT2D eigenvalue weighted by molar-refractivity contribution is 7.99. The Kier molecular flexibility index (Phi) is 6.14. The molecule has 0 bridgehead atoms. The number of hydrogen-bond acceptors (Lipinski definition) is 5. The first kappa shape index (κ1) is 15.3. The molecule has 0 aliphatic carbocycles. The first-order valence-corrected chi connectivity index (χ1v) is 6.68. The van der Waals surface area contributed by atoms with Crippen molar-refractivity contribution in [3.05, 3.63) is 24.0 Å². The molecule has 0 aliphatic heterocycles. The summed E-state index contributed by atoms with van der Waals surface area (Å²) in [5.74, 6) is -0.356. The van der Waals surface area contributed by atoms with Gasteiger partial charge >= 0.3 is 5.97 Å². The smallest absolute Gasteiger partial charge is 0.306 e. The molecule has 0 fully saturated rings. The molecule has 1 aromatic rings. The minimum Gasteiger partial charge on any atom is -0.469 e. The molecule has 1 rings (SSSR count). The van der Waals surface area contributed by atoms with Crippen LogP contribution in [0.2, 0.25) is 0 Å². The zero-order chi connectivity index (χ0) is 14.3. The molecule has 104 valence electrons. The zero-order valence-corrected chi connectivity index (χ0v) is 11.3. The monoisotopic (exact) mass is 286 g/mol. The fourth-order valence-electron chi connectivity index (χ4n) is 1.24. The van der Waals surface area contributed by atoms with Crippen LogP contribution in [0.5, 0.6) is 0 Å². The normalized spacial score (nSPS) is 10.0. The number of nitrogen functional groups attached to an aromatic ring is 1. The lowest BCUT2D eigenvalue weighted by Crippen LogP contribution is -2.15. The number of nitrogens with one attached hydrogen (secondary N) is 1. The van der Waals surface area contributed by atoms with Gasteiger partial charge in [0.1, 0.15) is 5.82 Å². The van der Waals surface area contributed by atoms with Gasteiger partial charge in [0.05, 0.1) is 25.0 Å². The highest BCUT2D eigenvalue weighted by Crippen LogP contribution is 2.16. The van der Waals surface area contributed by atoms with Crippen LogP contribution in [0, 0.1) is 5.82 Å². The van der Waals surface area contributed by atoms with E-state index in [1.807, 2.05) is 0 Å². The van der Waals surface area contributed by atoms with E-state index in [1.54, 1.807) is 0 Å². The Labute approximate surface area is 114 Å². The van der Waals surface area contributed by atoms with Crippen LogP contribution in [0.25, 0.3) is 0 Å². The van der Waals surface area contributed by atoms with Crippen molar-refractivity contribution in [1.29, 1.82) is 0 Å². The molecule has 0 radical (unpaired) electrons. The van der Waals surface area contributed by atoms with Crippen molar-refractivity contribution in [1.82, 2.24) is 0 Å². The number of amides is 1. The van der Waals surface area contributed by atoms with Crippen molar-refractivity contribution < 1.29 is 18.7 Å². The van der Waals surface area contributed by atoms with E-state index in [4.69, 9.17) is 5.73 Å². The van der Waals surface area contributed by atoms with Crippen LogP contribution in [0.4, 0.5) is 15.8 Å². The summed E-state index contributed by atoms with van der Waals surface area (Å²) < 4.78 is 17.4. The molecule has 0 atom stereocenters. The molecule has 0 heterocycles. The highest BCUT2D eigenvalue weighted by atomic mass is 32.2. The average Bonchev–Trinajstić information content (AvgIpc) is 2.38. The Morgan fingerprint density at radius 3 is 2.84 bits per heavy atom. The first-order valence-electron chi connectivity index (χ1n) is 5.52. The van der Waals surface area contributed by atoms with E-state index < -0.39 is 5.82 Å². The Balaban J connectivity index is 2.31. The Hall–Kier alpha value is -1.76. The van der Waals surface area contributed by atoms with Crippen LogP contribution >= 0.6 is 11.8 Å². The molecular formula is C12H15FN2O3S. The van der Waals surface area contributed by atoms with Crippen LogP contribution in [0.15, 0.2) is 18.2 Å². The zero-order valence-electron chi connectivity index (χ0n) is 10.4. The summed E-state index contributed by atoms with van der Waals surface area (Å²) in [7, 11) is 1.32. The quantitative estimate of drug-likeness (QED) is 0.472. The van der Waals surface area contributed by atoms with Crippen molar-refractivity contribution >= 4 is 35.0 Å². The largest absolute Gasteiger partial charge is 0.469 e. The second-order valence-electron chi connectivity index (χ2n) is 3.66. The fourth-order valence-corrected chi connectivity index (χ4v) is 1.95. The molecule has 0 aromatic heterocycles. The number of methoxy groups -OCH3 is 1. The van der Waals surface area contributed by atoms with Gasteiger partial charge in [0.25, 0.3) is 0 Å². The van der Waals surface area contributed by atoms with Crippen LogP contribution in [-0.2, 0) is 14.3 Å². The summed E-state index contributed by atoms with van der Waals surface area (Å²) >= 11 is 1.31. The number of carbonyl (C=O) groups excluding carboxylic acids is 2. The van der Waals surface area contributed by atoms with Gasteiger partial charge in [0, 0.05) is 11.4 Å². The molecule has 7 heteroatoms. The molecule has 0 unspecified atom stereocenters. The van der Waals surface area contributed by atoms with E-state index in [-0.39, 0.29) is 29.7 Å². The van der Waals surface area contributed by atoms with Crippen LogP contribution in [0.1, 0.15) is 6.42 Å². The number of benzene rings is 1. The number of anilines is 2. The van der Waals surface area contributed by atoms with Gasteiger partial charge in [-0.2, -0.15) is 11.8 Å². The van der Waals surface area contributed by atoms with Crippen molar-refractivity contribution in [3.8, 4) is 0 Å². The number of ether oxygens (including phenoxy) is 1. The minimum absolute atomic E-state index is 0.0175. The molecule has 19 heavy (non-hydrogen) atoms. The van der Waals surface area contributed by atoms with Gasteiger partial charge in [-0.15, -0.1) is 0 Å². The molecule has 1 amide bonds. The van der Waals surface area contributed by atoms with Crippen LogP contribution in [-0.4, -0.2) is 30.5 Å². The van der Waals surface area contributed by atoms with E-state index >= 15 is 0 Å². The minimum atomic E-state index is -0.523. The van der Waals surface area contributed by atoms with Crippen molar-refractivity contribution in [2.75, 3.05) is 29.7 Å². The number of thioether (sulfide) groups is 1. The predicted molar refractivity (Wildman–Crippen MR) is 73.4 cm³/mol. The van der Waals surface area contributed by atoms with E-state index in [0.29, 0.717) is 11.4 Å². The Morgan fingerprint density at radius 1 is 1.47 bits per heavy atom. The van der Waals surface area contributed by atoms with Crippen molar-refractivity contribution in [2.45, 2.75) is 6.42 Å². The summed E-state index contributed by atoms with van der Waals surface area (Å²) in [6, 6.07) is 3.98. The van der Waals surface area contributed by atoms with Gasteiger partial charge in [-0.25, -0.2) is 4.39 Å². The second-order valence-corrected chi connectivity index (χ2v) is 4.77. The maximum atomic E-state index is 12.9. The first-order chi connectivity index (χ1) is 9.02. The van der Waals surface area contributed by atoms with E-state index in [1.165, 1.54) is 37.1 Å². The molecule has 1 aromatic carbocycles. The summed E-state index contributed by atoms with van der Waals surface area (Å²) in [6.07, 6.45) is 0.262. The third-order valence-electron chi connectivity index (χ3n) is 2.19. The van der Waals surface area contributed by atoms with Crippen molar-refractivity contribution in [2.24, 2.45) is 0 Å². The second kappa shape index (κ2) is 7.63. The van der Waals surface area contributed by atoms with E-state index in [0.717, 1.165) is 0 Å². The van der Waals surface area contributed by atoms with Gasteiger partial charge < -0.3 is 15.8 Å². The standard InChI is InChI=1S/C12H15FN2O3S/c1-18-12(17)4-5-19-7-11(16)15-8-2-3-9(13)10(14)6-8/h2-3,6H,4-5,7,14H2,1H3,(H,15,16). The van der Waals surface area contributed by atoms with Crippen LogP contribution < -0.4 is 11.1 Å². The molecule has 3 N–H and O–H groups in total. The van der Waals surface area contributed by atoms with E-state index in [9.17, 15) is 14.0 Å². The van der Waals surface area contributed by atoms with Gasteiger partial charge in [0.15, 0.2) is 0 Å². The fraction of sp³-hybridized carbons (Fsp3) is 0.333. The number of rotatable bonds is 6. The number of hydrogen-bond donors (Lipinski definition) is 2. The number of nitrogens with two attached hydrogens (primary N) is 1.